The lowest BCUT2D eigenvalue weighted by Gasteiger charge is -2.03. The van der Waals surface area contributed by atoms with Crippen molar-refractivity contribution < 1.29 is 4.79 Å². The van der Waals surface area contributed by atoms with E-state index in [1.807, 2.05) is 31.2 Å². The fraction of sp³-hybridized carbons (Fsp3) is 0.300. The highest BCUT2D eigenvalue weighted by atomic mass is 79.9. The van der Waals surface area contributed by atoms with Crippen molar-refractivity contribution in [2.75, 3.05) is 5.33 Å². The third-order valence-electron chi connectivity index (χ3n) is 1.73. The van der Waals surface area contributed by atoms with Gasteiger partial charge in [0.2, 0.25) is 5.91 Å². The molecule has 1 amide bonds. The van der Waals surface area contributed by atoms with Gasteiger partial charge in [-0.2, -0.15) is 0 Å². The number of carbonyl (C=O) groups is 1. The summed E-state index contributed by atoms with van der Waals surface area (Å²) in [5.74, 6) is 0.0144. The van der Waals surface area contributed by atoms with Crippen LogP contribution in [-0.2, 0) is 11.3 Å². The normalized spacial score (nSPS) is 9.69. The third-order valence-corrected chi connectivity index (χ3v) is 2.24. The van der Waals surface area contributed by atoms with Crippen molar-refractivity contribution in [1.29, 1.82) is 0 Å². The maximum absolute atomic E-state index is 10.9. The molecule has 1 aromatic carbocycles. The number of alkyl halides is 1. The molecule has 0 fully saturated rings. The first-order valence-electron chi connectivity index (χ1n) is 4.10. The van der Waals surface area contributed by atoms with Gasteiger partial charge in [0.25, 0.3) is 0 Å². The minimum Gasteiger partial charge on any atom is -0.351 e. The van der Waals surface area contributed by atoms with E-state index < -0.39 is 0 Å². The van der Waals surface area contributed by atoms with Crippen molar-refractivity contribution in [3.63, 3.8) is 0 Å². The van der Waals surface area contributed by atoms with Gasteiger partial charge in [0.15, 0.2) is 0 Å². The molecule has 0 bridgehead atoms. The minimum absolute atomic E-state index is 0.0144. The molecule has 70 valence electrons. The molecule has 0 radical (unpaired) electrons. The highest BCUT2D eigenvalue weighted by Gasteiger charge is 1.97. The summed E-state index contributed by atoms with van der Waals surface area (Å²) in [6, 6.07) is 8.11. The summed E-state index contributed by atoms with van der Waals surface area (Å²) in [4.78, 5) is 10.9. The Balaban J connectivity index is 2.46. The Bertz CT molecular complexity index is 281. The summed E-state index contributed by atoms with van der Waals surface area (Å²) >= 11 is 3.09. The summed E-state index contributed by atoms with van der Waals surface area (Å²) in [5.41, 5.74) is 2.36. The monoisotopic (exact) mass is 241 g/mol. The second kappa shape index (κ2) is 5.02. The van der Waals surface area contributed by atoms with E-state index in [-0.39, 0.29) is 5.91 Å². The Hall–Kier alpha value is -0.830. The molecule has 1 N–H and O–H groups in total. The maximum atomic E-state index is 10.9. The fourth-order valence-corrected chi connectivity index (χ4v) is 1.15. The number of hydrogen-bond donors (Lipinski definition) is 1. The number of benzene rings is 1. The quantitative estimate of drug-likeness (QED) is 0.807. The van der Waals surface area contributed by atoms with Crippen molar-refractivity contribution in [3.8, 4) is 0 Å². The van der Waals surface area contributed by atoms with Gasteiger partial charge in [0.1, 0.15) is 0 Å². The van der Waals surface area contributed by atoms with E-state index >= 15 is 0 Å². The van der Waals surface area contributed by atoms with Crippen LogP contribution in [0.4, 0.5) is 0 Å². The SMILES string of the molecule is Cc1ccc(CNC(=O)CBr)cc1. The molecule has 1 rings (SSSR count). The zero-order valence-corrected chi connectivity index (χ0v) is 9.10. The van der Waals surface area contributed by atoms with Gasteiger partial charge in [-0.25, -0.2) is 0 Å². The van der Waals surface area contributed by atoms with Gasteiger partial charge in [-0.1, -0.05) is 45.8 Å². The predicted octanol–water partition coefficient (Wildman–Crippen LogP) is 2.01. The van der Waals surface area contributed by atoms with Crippen LogP contribution in [0.15, 0.2) is 24.3 Å². The number of halogens is 1. The van der Waals surface area contributed by atoms with Crippen LogP contribution >= 0.6 is 15.9 Å². The predicted molar refractivity (Wildman–Crippen MR) is 56.8 cm³/mol. The van der Waals surface area contributed by atoms with Gasteiger partial charge in [-0.05, 0) is 12.5 Å². The van der Waals surface area contributed by atoms with Gasteiger partial charge >= 0.3 is 0 Å². The van der Waals surface area contributed by atoms with Crippen molar-refractivity contribution >= 4 is 21.8 Å². The molecule has 13 heavy (non-hydrogen) atoms. The van der Waals surface area contributed by atoms with E-state index in [1.165, 1.54) is 5.56 Å². The van der Waals surface area contributed by atoms with Gasteiger partial charge in [0.05, 0.1) is 5.33 Å². The highest BCUT2D eigenvalue weighted by Crippen LogP contribution is 2.02. The van der Waals surface area contributed by atoms with Crippen LogP contribution in [0.1, 0.15) is 11.1 Å². The average Bonchev–Trinajstić information content (AvgIpc) is 2.16. The lowest BCUT2D eigenvalue weighted by molar-refractivity contribution is -0.118. The molecule has 0 heterocycles. The van der Waals surface area contributed by atoms with Crippen molar-refractivity contribution in [3.05, 3.63) is 35.4 Å². The fourth-order valence-electron chi connectivity index (χ4n) is 0.954. The Morgan fingerprint density at radius 1 is 1.38 bits per heavy atom. The lowest BCUT2D eigenvalue weighted by atomic mass is 10.1. The summed E-state index contributed by atoms with van der Waals surface area (Å²) in [7, 11) is 0. The Morgan fingerprint density at radius 3 is 2.54 bits per heavy atom. The summed E-state index contributed by atoms with van der Waals surface area (Å²) in [5, 5.41) is 3.14. The molecular weight excluding hydrogens is 230 g/mol. The molecule has 3 heteroatoms. The van der Waals surface area contributed by atoms with Crippen molar-refractivity contribution in [1.82, 2.24) is 5.32 Å². The van der Waals surface area contributed by atoms with E-state index in [0.717, 1.165) is 5.56 Å². The number of hydrogen-bond acceptors (Lipinski definition) is 1. The van der Waals surface area contributed by atoms with Gasteiger partial charge in [-0.15, -0.1) is 0 Å². The minimum atomic E-state index is 0.0144. The zero-order chi connectivity index (χ0) is 9.68. The van der Waals surface area contributed by atoms with E-state index in [9.17, 15) is 4.79 Å². The van der Waals surface area contributed by atoms with Crippen molar-refractivity contribution in [2.45, 2.75) is 13.5 Å². The molecule has 0 aliphatic heterocycles. The molecule has 0 unspecified atom stereocenters. The Labute approximate surface area is 86.5 Å². The van der Waals surface area contributed by atoms with Gasteiger partial charge in [-0.3, -0.25) is 4.79 Å². The molecule has 0 aliphatic rings. The average molecular weight is 242 g/mol. The second-order valence-electron chi connectivity index (χ2n) is 2.90. The Kier molecular flexibility index (Phi) is 3.96. The number of rotatable bonds is 3. The lowest BCUT2D eigenvalue weighted by Crippen LogP contribution is -2.23. The van der Waals surface area contributed by atoms with E-state index in [1.54, 1.807) is 0 Å². The Morgan fingerprint density at radius 2 is 2.00 bits per heavy atom. The maximum Gasteiger partial charge on any atom is 0.230 e. The largest absolute Gasteiger partial charge is 0.351 e. The number of amides is 1. The first-order valence-corrected chi connectivity index (χ1v) is 5.22. The molecule has 0 aromatic heterocycles. The van der Waals surface area contributed by atoms with Crippen LogP contribution in [0.5, 0.6) is 0 Å². The smallest absolute Gasteiger partial charge is 0.230 e. The van der Waals surface area contributed by atoms with E-state index in [0.29, 0.717) is 11.9 Å². The van der Waals surface area contributed by atoms with Crippen LogP contribution in [-0.4, -0.2) is 11.2 Å². The van der Waals surface area contributed by atoms with Gasteiger partial charge < -0.3 is 5.32 Å². The van der Waals surface area contributed by atoms with Crippen LogP contribution in [0.25, 0.3) is 0 Å². The van der Waals surface area contributed by atoms with Gasteiger partial charge in [0, 0.05) is 6.54 Å². The van der Waals surface area contributed by atoms with E-state index in [4.69, 9.17) is 0 Å². The molecular formula is C10H12BrNO. The molecule has 2 nitrogen and oxygen atoms in total. The topological polar surface area (TPSA) is 29.1 Å². The molecule has 0 saturated heterocycles. The second-order valence-corrected chi connectivity index (χ2v) is 3.46. The summed E-state index contributed by atoms with van der Waals surface area (Å²) in [6.45, 7) is 2.64. The highest BCUT2D eigenvalue weighted by molar-refractivity contribution is 9.09. The molecule has 0 saturated carbocycles. The van der Waals surface area contributed by atoms with Crippen LogP contribution in [0, 0.1) is 6.92 Å². The first-order chi connectivity index (χ1) is 6.22. The molecule has 0 aliphatic carbocycles. The number of carbonyl (C=O) groups excluding carboxylic acids is 1. The van der Waals surface area contributed by atoms with E-state index in [2.05, 4.69) is 21.2 Å². The summed E-state index contributed by atoms with van der Waals surface area (Å²) in [6.07, 6.45) is 0. The molecule has 1 aromatic rings. The number of aryl methyl sites for hydroxylation is 1. The van der Waals surface area contributed by atoms with Crippen LogP contribution < -0.4 is 5.32 Å². The third kappa shape index (κ3) is 3.59. The molecule has 0 atom stereocenters. The standard InChI is InChI=1S/C10H12BrNO/c1-8-2-4-9(5-3-8)7-12-10(13)6-11/h2-5H,6-7H2,1H3,(H,12,13). The number of nitrogens with one attached hydrogen (secondary N) is 1. The summed E-state index contributed by atoms with van der Waals surface area (Å²) < 4.78 is 0. The van der Waals surface area contributed by atoms with Crippen LogP contribution in [0.3, 0.4) is 0 Å². The first kappa shape index (κ1) is 10.3. The van der Waals surface area contributed by atoms with Crippen LogP contribution in [0.2, 0.25) is 0 Å². The zero-order valence-electron chi connectivity index (χ0n) is 7.51. The van der Waals surface area contributed by atoms with Crippen molar-refractivity contribution in [2.24, 2.45) is 0 Å². The molecule has 0 spiro atoms.